The molecule has 4 heteroatoms. The number of allylic oxidation sites excluding steroid dienone is 1. The van der Waals surface area contributed by atoms with Crippen molar-refractivity contribution in [2.24, 2.45) is 28.6 Å². The zero-order valence-corrected chi connectivity index (χ0v) is 19.8. The molecule has 3 nitrogen and oxygen atoms in total. The average Bonchev–Trinajstić information content (AvgIpc) is 3.05. The van der Waals surface area contributed by atoms with Gasteiger partial charge in [0.25, 0.3) is 0 Å². The van der Waals surface area contributed by atoms with Crippen LogP contribution in [0.1, 0.15) is 67.2 Å². The average molecular weight is 393 g/mol. The van der Waals surface area contributed by atoms with Crippen molar-refractivity contribution in [3.8, 4) is 0 Å². The molecule has 0 N–H and O–H groups in total. The number of carbonyl (C=O) groups excluding carboxylic acids is 1. The van der Waals surface area contributed by atoms with Crippen LogP contribution in [0.25, 0.3) is 0 Å². The molecule has 0 saturated heterocycles. The number of hydrogen-bond donors (Lipinski definition) is 0. The zero-order chi connectivity index (χ0) is 20.4. The Morgan fingerprint density at radius 2 is 1.89 bits per heavy atom. The van der Waals surface area contributed by atoms with Crippen molar-refractivity contribution < 1.29 is 14.0 Å². The highest BCUT2D eigenvalue weighted by molar-refractivity contribution is 6.74. The van der Waals surface area contributed by atoms with Gasteiger partial charge in [0.15, 0.2) is 8.32 Å². The maximum absolute atomic E-state index is 12.9. The molecule has 0 aromatic heterocycles. The number of carbonyl (C=O) groups is 1. The summed E-state index contributed by atoms with van der Waals surface area (Å²) in [6.45, 7) is 23.2. The van der Waals surface area contributed by atoms with Crippen LogP contribution in [0.2, 0.25) is 18.1 Å². The lowest BCUT2D eigenvalue weighted by Crippen LogP contribution is -2.48. The topological polar surface area (TPSA) is 35.5 Å². The molecule has 3 unspecified atom stereocenters. The second-order valence-electron chi connectivity index (χ2n) is 11.5. The number of hydrogen-bond acceptors (Lipinski definition) is 3. The van der Waals surface area contributed by atoms with Gasteiger partial charge in [-0.25, -0.2) is 0 Å². The molecular weight excluding hydrogens is 352 g/mol. The normalized spacial score (nSPS) is 38.0. The lowest BCUT2D eigenvalue weighted by molar-refractivity contribution is -0.153. The highest BCUT2D eigenvalue weighted by Gasteiger charge is 2.71. The van der Waals surface area contributed by atoms with Crippen LogP contribution in [0.4, 0.5) is 0 Å². The molecule has 0 amide bonds. The predicted molar refractivity (Wildman–Crippen MR) is 113 cm³/mol. The van der Waals surface area contributed by atoms with E-state index in [1.165, 1.54) is 5.57 Å². The number of ether oxygens (including phenoxy) is 1. The van der Waals surface area contributed by atoms with E-state index in [0.29, 0.717) is 18.4 Å². The van der Waals surface area contributed by atoms with Crippen molar-refractivity contribution >= 4 is 14.3 Å². The molecule has 0 aromatic rings. The zero-order valence-electron chi connectivity index (χ0n) is 18.8. The minimum absolute atomic E-state index is 0.000131. The van der Waals surface area contributed by atoms with E-state index in [-0.39, 0.29) is 33.9 Å². The van der Waals surface area contributed by atoms with Crippen molar-refractivity contribution in [3.05, 3.63) is 12.2 Å². The van der Waals surface area contributed by atoms with E-state index in [1.807, 2.05) is 6.92 Å². The molecule has 5 atom stereocenters. The van der Waals surface area contributed by atoms with E-state index in [0.717, 1.165) is 25.7 Å². The van der Waals surface area contributed by atoms with E-state index >= 15 is 0 Å². The third-order valence-electron chi connectivity index (χ3n) is 8.40. The first-order valence-corrected chi connectivity index (χ1v) is 13.7. The number of esters is 1. The van der Waals surface area contributed by atoms with E-state index in [9.17, 15) is 4.79 Å². The second-order valence-corrected chi connectivity index (χ2v) is 16.2. The Morgan fingerprint density at radius 1 is 1.26 bits per heavy atom. The Morgan fingerprint density at radius 3 is 2.44 bits per heavy atom. The van der Waals surface area contributed by atoms with E-state index in [2.05, 4.69) is 54.3 Å². The van der Waals surface area contributed by atoms with E-state index in [4.69, 9.17) is 9.16 Å². The van der Waals surface area contributed by atoms with Gasteiger partial charge < -0.3 is 9.16 Å². The molecule has 3 saturated carbocycles. The third-order valence-corrected chi connectivity index (χ3v) is 12.9. The minimum Gasteiger partial charge on any atom is -0.466 e. The lowest BCUT2D eigenvalue weighted by Gasteiger charge is -2.43. The van der Waals surface area contributed by atoms with Crippen molar-refractivity contribution in [2.75, 3.05) is 6.61 Å². The van der Waals surface area contributed by atoms with Crippen LogP contribution in [-0.2, 0) is 14.0 Å². The first-order valence-electron chi connectivity index (χ1n) is 10.8. The fraction of sp³-hybridized carbons (Fsp3) is 0.870. The molecule has 3 aliphatic carbocycles. The summed E-state index contributed by atoms with van der Waals surface area (Å²) < 4.78 is 12.6. The van der Waals surface area contributed by atoms with Gasteiger partial charge in [0, 0.05) is 0 Å². The standard InChI is InChI=1S/C23H40O3Si/c1-10-25-20(24)17-12-11-16-15(2)13-18-19(22(6,7)14-23(16,17)18)26-27(8,9)21(3,4)5/h16-19H,2,10-14H2,1,3-9H3/t16?,17-,18?,19-,23?/m1/s1. The molecule has 3 fully saturated rings. The highest BCUT2D eigenvalue weighted by Crippen LogP contribution is 2.73. The van der Waals surface area contributed by atoms with Crippen LogP contribution in [0.5, 0.6) is 0 Å². The molecule has 0 radical (unpaired) electrons. The summed E-state index contributed by atoms with van der Waals surface area (Å²) >= 11 is 0. The third kappa shape index (κ3) is 3.06. The van der Waals surface area contributed by atoms with Gasteiger partial charge in [0.2, 0.25) is 0 Å². The smallest absolute Gasteiger partial charge is 0.309 e. The van der Waals surface area contributed by atoms with E-state index in [1.54, 1.807) is 0 Å². The second kappa shape index (κ2) is 6.45. The molecular formula is C23H40O3Si. The van der Waals surface area contributed by atoms with Crippen molar-refractivity contribution in [1.29, 1.82) is 0 Å². The van der Waals surface area contributed by atoms with Gasteiger partial charge in [0.1, 0.15) is 0 Å². The predicted octanol–water partition coefficient (Wildman–Crippen LogP) is 5.96. The Bertz CT molecular complexity index is 630. The molecule has 0 aliphatic heterocycles. The van der Waals surface area contributed by atoms with Gasteiger partial charge >= 0.3 is 5.97 Å². The quantitative estimate of drug-likeness (QED) is 0.336. The minimum atomic E-state index is -1.90. The first kappa shape index (κ1) is 21.1. The first-order chi connectivity index (χ1) is 12.3. The van der Waals surface area contributed by atoms with Crippen molar-refractivity contribution in [3.63, 3.8) is 0 Å². The molecule has 1 spiro atoms. The lowest BCUT2D eigenvalue weighted by atomic mass is 9.68. The van der Waals surface area contributed by atoms with Gasteiger partial charge in [-0.1, -0.05) is 46.8 Å². The summed E-state index contributed by atoms with van der Waals surface area (Å²) in [6.07, 6.45) is 4.31. The summed E-state index contributed by atoms with van der Waals surface area (Å²) in [5.41, 5.74) is 1.43. The summed E-state index contributed by atoms with van der Waals surface area (Å²) in [5.74, 6) is 0.891. The van der Waals surface area contributed by atoms with Crippen LogP contribution in [0.15, 0.2) is 12.2 Å². The molecule has 0 aromatic carbocycles. The summed E-state index contributed by atoms with van der Waals surface area (Å²) in [4.78, 5) is 12.9. The maximum Gasteiger partial charge on any atom is 0.309 e. The fourth-order valence-electron chi connectivity index (χ4n) is 6.35. The van der Waals surface area contributed by atoms with Crippen molar-refractivity contribution in [1.82, 2.24) is 0 Å². The number of rotatable bonds is 4. The Kier molecular flexibility index (Phi) is 5.04. The SMILES string of the molecule is C=C1CC2[C@@H](O[Si](C)(C)C(C)(C)C)C(C)(C)CC23C1CC[C@@H]3C(=O)OCC. The van der Waals surface area contributed by atoms with Crippen LogP contribution in [-0.4, -0.2) is 27.0 Å². The van der Waals surface area contributed by atoms with Crippen molar-refractivity contribution in [2.45, 2.75) is 91.5 Å². The largest absolute Gasteiger partial charge is 0.466 e. The van der Waals surface area contributed by atoms with Gasteiger partial charge in [-0.05, 0) is 73.4 Å². The maximum atomic E-state index is 12.9. The van der Waals surface area contributed by atoms with Gasteiger partial charge in [-0.3, -0.25) is 4.79 Å². The van der Waals surface area contributed by atoms with Crippen LogP contribution < -0.4 is 0 Å². The van der Waals surface area contributed by atoms with Gasteiger partial charge in [-0.15, -0.1) is 0 Å². The Balaban J connectivity index is 2.00. The van der Waals surface area contributed by atoms with Crippen LogP contribution >= 0.6 is 0 Å². The van der Waals surface area contributed by atoms with Gasteiger partial charge in [-0.2, -0.15) is 0 Å². The highest BCUT2D eigenvalue weighted by atomic mass is 28.4. The Hall–Kier alpha value is -0.613. The molecule has 154 valence electrons. The molecule has 27 heavy (non-hydrogen) atoms. The van der Waals surface area contributed by atoms with E-state index < -0.39 is 8.32 Å². The molecule has 3 rings (SSSR count). The summed E-state index contributed by atoms with van der Waals surface area (Å²) in [6, 6.07) is 0. The van der Waals surface area contributed by atoms with Gasteiger partial charge in [0.05, 0.1) is 18.6 Å². The monoisotopic (exact) mass is 392 g/mol. The summed E-state index contributed by atoms with van der Waals surface area (Å²) in [5, 5.41) is 0.185. The summed E-state index contributed by atoms with van der Waals surface area (Å²) in [7, 11) is -1.90. The molecule has 3 aliphatic rings. The fourth-order valence-corrected chi connectivity index (χ4v) is 7.82. The molecule has 0 bridgehead atoms. The molecule has 0 heterocycles. The van der Waals surface area contributed by atoms with Crippen LogP contribution in [0.3, 0.4) is 0 Å². The Labute approximate surface area is 167 Å². The van der Waals surface area contributed by atoms with Crippen LogP contribution in [0, 0.1) is 28.6 Å².